The lowest BCUT2D eigenvalue weighted by molar-refractivity contribution is -0.121. The Balaban J connectivity index is 1.92. The lowest BCUT2D eigenvalue weighted by Gasteiger charge is -2.07. The highest BCUT2D eigenvalue weighted by molar-refractivity contribution is 5.78. The molecule has 0 fully saturated rings. The van der Waals surface area contributed by atoms with Crippen LogP contribution in [0.4, 0.5) is 0 Å². The van der Waals surface area contributed by atoms with Crippen LogP contribution in [0.5, 0.6) is 0 Å². The number of ether oxygens (including phenoxy) is 2. The third-order valence-electron chi connectivity index (χ3n) is 3.62. The van der Waals surface area contributed by atoms with E-state index >= 15 is 0 Å². The highest BCUT2D eigenvalue weighted by atomic mass is 16.5. The van der Waals surface area contributed by atoms with Gasteiger partial charge in [-0.2, -0.15) is 0 Å². The van der Waals surface area contributed by atoms with E-state index in [4.69, 9.17) is 9.47 Å². The van der Waals surface area contributed by atoms with Crippen LogP contribution in [0.25, 0.3) is 0 Å². The zero-order valence-corrected chi connectivity index (χ0v) is 14.8. The summed E-state index contributed by atoms with van der Waals surface area (Å²) in [5.41, 5.74) is 2.40. The van der Waals surface area contributed by atoms with Gasteiger partial charge in [-0.05, 0) is 18.9 Å². The quantitative estimate of drug-likeness (QED) is 0.562. The fourth-order valence-electron chi connectivity index (χ4n) is 2.05. The predicted molar refractivity (Wildman–Crippen MR) is 94.1 cm³/mol. The molecule has 0 saturated carbocycles. The second kappa shape index (κ2) is 12.7. The number of hydrogen-bond donors (Lipinski definition) is 1. The molecule has 0 radical (unpaired) electrons. The molecule has 1 N–H and O–H groups in total. The molecule has 0 aliphatic rings. The molecular weight excluding hydrogens is 306 g/mol. The summed E-state index contributed by atoms with van der Waals surface area (Å²) in [5, 5.41) is 2.84. The molecule has 0 heterocycles. The molecule has 0 spiro atoms. The lowest BCUT2D eigenvalue weighted by Crippen LogP contribution is -2.27. The van der Waals surface area contributed by atoms with Crippen LogP contribution in [-0.2, 0) is 25.5 Å². The van der Waals surface area contributed by atoms with E-state index in [2.05, 4.69) is 29.6 Å². The van der Waals surface area contributed by atoms with Gasteiger partial charge < -0.3 is 14.8 Å². The summed E-state index contributed by atoms with van der Waals surface area (Å²) in [6, 6.07) is 8.22. The van der Waals surface area contributed by atoms with Crippen LogP contribution >= 0.6 is 0 Å². The smallest absolute Gasteiger partial charge is 0.220 e. The van der Waals surface area contributed by atoms with Gasteiger partial charge in [0.25, 0.3) is 0 Å². The summed E-state index contributed by atoms with van der Waals surface area (Å²) in [4.78, 5) is 22.8. The molecule has 0 bridgehead atoms. The normalized spacial score (nSPS) is 10.6. The third kappa shape index (κ3) is 10.1. The van der Waals surface area contributed by atoms with Gasteiger partial charge in [0.05, 0.1) is 26.4 Å². The van der Waals surface area contributed by atoms with Crippen molar-refractivity contribution in [2.24, 2.45) is 0 Å². The van der Waals surface area contributed by atoms with E-state index in [1.165, 1.54) is 11.1 Å². The maximum absolute atomic E-state index is 11.7. The van der Waals surface area contributed by atoms with Gasteiger partial charge in [-0.1, -0.05) is 36.8 Å². The molecule has 1 aromatic carbocycles. The molecule has 5 heteroatoms. The van der Waals surface area contributed by atoms with Crippen LogP contribution in [0.15, 0.2) is 24.3 Å². The van der Waals surface area contributed by atoms with Crippen LogP contribution in [-0.4, -0.2) is 44.7 Å². The minimum atomic E-state index is 0.0357. The van der Waals surface area contributed by atoms with Crippen molar-refractivity contribution < 1.29 is 19.1 Å². The average Bonchev–Trinajstić information content (AvgIpc) is 2.59. The Hall–Kier alpha value is -1.72. The number of hydrogen-bond acceptors (Lipinski definition) is 4. The maximum atomic E-state index is 11.7. The zero-order chi connectivity index (χ0) is 17.6. The number of ketones is 1. The Bertz CT molecular complexity index is 485. The minimum Gasteiger partial charge on any atom is -0.379 e. The SMILES string of the molecule is CCC(=O)CCOCCOCCNC(=O)CCc1ccc(C)cc1. The Morgan fingerprint density at radius 1 is 0.958 bits per heavy atom. The average molecular weight is 335 g/mol. The summed E-state index contributed by atoms with van der Waals surface area (Å²) < 4.78 is 10.7. The fourth-order valence-corrected chi connectivity index (χ4v) is 2.05. The lowest BCUT2D eigenvalue weighted by atomic mass is 10.1. The van der Waals surface area contributed by atoms with Crippen molar-refractivity contribution >= 4 is 11.7 Å². The number of nitrogens with one attached hydrogen (secondary N) is 1. The van der Waals surface area contributed by atoms with Gasteiger partial charge in [-0.25, -0.2) is 0 Å². The highest BCUT2D eigenvalue weighted by Crippen LogP contribution is 2.05. The summed E-state index contributed by atoms with van der Waals surface area (Å²) in [5.74, 6) is 0.248. The molecule has 0 aromatic heterocycles. The molecule has 1 rings (SSSR count). The van der Waals surface area contributed by atoms with E-state index in [0.29, 0.717) is 52.2 Å². The van der Waals surface area contributed by atoms with Crippen molar-refractivity contribution in [3.8, 4) is 0 Å². The van der Waals surface area contributed by atoms with E-state index in [1.807, 2.05) is 13.8 Å². The molecule has 5 nitrogen and oxygen atoms in total. The standard InChI is InChI=1S/C19H29NO4/c1-3-18(21)10-12-23-14-15-24-13-11-20-19(22)9-8-17-6-4-16(2)5-7-17/h4-7H,3,8-15H2,1-2H3,(H,20,22). The third-order valence-corrected chi connectivity index (χ3v) is 3.62. The molecule has 24 heavy (non-hydrogen) atoms. The number of Topliss-reactive ketones (excluding diaryl/α,β-unsaturated/α-hetero) is 1. The van der Waals surface area contributed by atoms with Crippen molar-refractivity contribution in [3.05, 3.63) is 35.4 Å². The number of rotatable bonds is 13. The highest BCUT2D eigenvalue weighted by Gasteiger charge is 2.02. The number of amides is 1. The number of benzene rings is 1. The van der Waals surface area contributed by atoms with Gasteiger partial charge in [-0.15, -0.1) is 0 Å². The molecule has 0 unspecified atom stereocenters. The molecule has 134 valence electrons. The number of aryl methyl sites for hydroxylation is 2. The number of carbonyl (C=O) groups excluding carboxylic acids is 2. The molecule has 0 atom stereocenters. The first-order valence-electron chi connectivity index (χ1n) is 8.61. The first-order chi connectivity index (χ1) is 11.6. The molecule has 1 aromatic rings. The summed E-state index contributed by atoms with van der Waals surface area (Å²) in [6.45, 7) is 6.26. The van der Waals surface area contributed by atoms with Crippen LogP contribution in [0.2, 0.25) is 0 Å². The van der Waals surface area contributed by atoms with Gasteiger partial charge in [0.15, 0.2) is 0 Å². The van der Waals surface area contributed by atoms with Crippen LogP contribution in [0.3, 0.4) is 0 Å². The van der Waals surface area contributed by atoms with Crippen molar-refractivity contribution in [2.75, 3.05) is 33.0 Å². The van der Waals surface area contributed by atoms with Gasteiger partial charge in [0.1, 0.15) is 5.78 Å². The summed E-state index contributed by atoms with van der Waals surface area (Å²) in [6.07, 6.45) is 2.26. The first kappa shape index (κ1) is 20.3. The Kier molecular flexibility index (Phi) is 10.7. The second-order valence-corrected chi connectivity index (χ2v) is 5.70. The molecular formula is C19H29NO4. The Labute approximate surface area is 144 Å². The van der Waals surface area contributed by atoms with E-state index in [1.54, 1.807) is 0 Å². The fraction of sp³-hybridized carbons (Fsp3) is 0.579. The minimum absolute atomic E-state index is 0.0357. The van der Waals surface area contributed by atoms with Crippen molar-refractivity contribution in [1.82, 2.24) is 5.32 Å². The van der Waals surface area contributed by atoms with E-state index in [0.717, 1.165) is 6.42 Å². The second-order valence-electron chi connectivity index (χ2n) is 5.70. The van der Waals surface area contributed by atoms with Crippen LogP contribution in [0, 0.1) is 6.92 Å². The predicted octanol–water partition coefficient (Wildman–Crippen LogP) is 2.45. The van der Waals surface area contributed by atoms with Gasteiger partial charge >= 0.3 is 0 Å². The molecule has 1 amide bonds. The summed E-state index contributed by atoms with van der Waals surface area (Å²) in [7, 11) is 0. The molecule has 0 aliphatic heterocycles. The Morgan fingerprint density at radius 2 is 1.62 bits per heavy atom. The monoisotopic (exact) mass is 335 g/mol. The largest absolute Gasteiger partial charge is 0.379 e. The first-order valence-corrected chi connectivity index (χ1v) is 8.61. The van der Waals surface area contributed by atoms with Crippen LogP contribution < -0.4 is 5.32 Å². The van der Waals surface area contributed by atoms with Gasteiger partial charge in [0, 0.05) is 25.8 Å². The van der Waals surface area contributed by atoms with Crippen LogP contribution in [0.1, 0.15) is 37.3 Å². The zero-order valence-electron chi connectivity index (χ0n) is 14.8. The van der Waals surface area contributed by atoms with Gasteiger partial charge in [-0.3, -0.25) is 9.59 Å². The van der Waals surface area contributed by atoms with E-state index < -0.39 is 0 Å². The Morgan fingerprint density at radius 3 is 2.29 bits per heavy atom. The number of carbonyl (C=O) groups is 2. The maximum Gasteiger partial charge on any atom is 0.220 e. The molecule has 0 aliphatic carbocycles. The topological polar surface area (TPSA) is 64.6 Å². The van der Waals surface area contributed by atoms with Crippen molar-refractivity contribution in [2.45, 2.75) is 39.5 Å². The summed E-state index contributed by atoms with van der Waals surface area (Å²) >= 11 is 0. The van der Waals surface area contributed by atoms with Crippen molar-refractivity contribution in [1.29, 1.82) is 0 Å². The molecule has 0 saturated heterocycles. The van der Waals surface area contributed by atoms with Gasteiger partial charge in [0.2, 0.25) is 5.91 Å². The van der Waals surface area contributed by atoms with E-state index in [-0.39, 0.29) is 11.7 Å². The van der Waals surface area contributed by atoms with Crippen molar-refractivity contribution in [3.63, 3.8) is 0 Å². The van der Waals surface area contributed by atoms with E-state index in [9.17, 15) is 9.59 Å².